The molecule has 2 rings (SSSR count). The minimum absolute atomic E-state index is 0.0552. The molecular weight excluding hydrogens is 306 g/mol. The molecule has 6 nitrogen and oxygen atoms in total. The second-order valence-corrected chi connectivity index (χ2v) is 5.39. The van der Waals surface area contributed by atoms with Gasteiger partial charge in [0.1, 0.15) is 17.5 Å². The fraction of sp³-hybridized carbons (Fsp3) is 0.222. The van der Waals surface area contributed by atoms with E-state index in [-0.39, 0.29) is 11.7 Å². The molecule has 0 aliphatic heterocycles. The first-order chi connectivity index (χ1) is 11.5. The fourth-order valence-electron chi connectivity index (χ4n) is 1.99. The lowest BCUT2D eigenvalue weighted by molar-refractivity contribution is -0.121. The quantitative estimate of drug-likeness (QED) is 0.563. The maximum absolute atomic E-state index is 12.0. The average Bonchev–Trinajstić information content (AvgIpc) is 2.58. The lowest BCUT2D eigenvalue weighted by Gasteiger charge is -2.13. The SMILES string of the molecule is COc1ccc(O)c(/C=N/NC(=O)[C@@H](C)Nc2ccc(C)cc2)c1. The number of nitrogens with zero attached hydrogens (tertiary/aromatic N) is 1. The number of hydrogen-bond acceptors (Lipinski definition) is 5. The Balaban J connectivity index is 1.93. The Morgan fingerprint density at radius 2 is 1.96 bits per heavy atom. The zero-order chi connectivity index (χ0) is 17.5. The van der Waals surface area contributed by atoms with Crippen LogP contribution in [0.2, 0.25) is 0 Å². The lowest BCUT2D eigenvalue weighted by atomic mass is 10.2. The number of ether oxygens (including phenoxy) is 1. The third-order valence-electron chi connectivity index (χ3n) is 3.44. The number of carbonyl (C=O) groups is 1. The number of nitrogens with one attached hydrogen (secondary N) is 2. The summed E-state index contributed by atoms with van der Waals surface area (Å²) in [5, 5.41) is 16.7. The van der Waals surface area contributed by atoms with Crippen LogP contribution in [0.1, 0.15) is 18.1 Å². The largest absolute Gasteiger partial charge is 0.507 e. The van der Waals surface area contributed by atoms with Crippen LogP contribution in [0.25, 0.3) is 0 Å². The van der Waals surface area contributed by atoms with Crippen molar-refractivity contribution in [3.8, 4) is 11.5 Å². The van der Waals surface area contributed by atoms with Crippen molar-refractivity contribution in [1.29, 1.82) is 0 Å². The summed E-state index contributed by atoms with van der Waals surface area (Å²) in [5.74, 6) is 0.365. The van der Waals surface area contributed by atoms with Crippen molar-refractivity contribution < 1.29 is 14.6 Å². The van der Waals surface area contributed by atoms with Crippen LogP contribution in [0, 0.1) is 6.92 Å². The molecule has 3 N–H and O–H groups in total. The highest BCUT2D eigenvalue weighted by Gasteiger charge is 2.11. The minimum atomic E-state index is -0.455. The Kier molecular flexibility index (Phi) is 5.78. The number of anilines is 1. The Hall–Kier alpha value is -3.02. The second kappa shape index (κ2) is 8.01. The molecule has 0 saturated heterocycles. The number of rotatable bonds is 6. The molecule has 0 aromatic heterocycles. The van der Waals surface area contributed by atoms with Crippen molar-refractivity contribution in [2.24, 2.45) is 5.10 Å². The Morgan fingerprint density at radius 3 is 2.62 bits per heavy atom. The number of phenols is 1. The Labute approximate surface area is 141 Å². The zero-order valence-corrected chi connectivity index (χ0v) is 13.9. The van der Waals surface area contributed by atoms with Gasteiger partial charge in [0.2, 0.25) is 0 Å². The fourth-order valence-corrected chi connectivity index (χ4v) is 1.99. The number of carbonyl (C=O) groups excluding carboxylic acids is 1. The van der Waals surface area contributed by atoms with Gasteiger partial charge in [-0.3, -0.25) is 4.79 Å². The first-order valence-electron chi connectivity index (χ1n) is 7.52. The predicted octanol–water partition coefficient (Wildman–Crippen LogP) is 2.66. The molecule has 0 spiro atoms. The highest BCUT2D eigenvalue weighted by Crippen LogP contribution is 2.20. The highest BCUT2D eigenvalue weighted by molar-refractivity contribution is 5.88. The molecular formula is C18H21N3O3. The van der Waals surface area contributed by atoms with Crippen LogP contribution in [0.4, 0.5) is 5.69 Å². The average molecular weight is 327 g/mol. The van der Waals surface area contributed by atoms with Crippen molar-refractivity contribution in [2.45, 2.75) is 19.9 Å². The van der Waals surface area contributed by atoms with E-state index in [1.165, 1.54) is 19.4 Å². The van der Waals surface area contributed by atoms with Crippen LogP contribution in [0.3, 0.4) is 0 Å². The number of hydrazone groups is 1. The van der Waals surface area contributed by atoms with Gasteiger partial charge in [-0.25, -0.2) is 5.43 Å². The molecule has 0 heterocycles. The summed E-state index contributed by atoms with van der Waals surface area (Å²) in [6.07, 6.45) is 1.37. The van der Waals surface area contributed by atoms with E-state index in [4.69, 9.17) is 4.74 Å². The molecule has 0 radical (unpaired) electrons. The normalized spacial score (nSPS) is 12.0. The number of hydrogen-bond donors (Lipinski definition) is 3. The number of amides is 1. The minimum Gasteiger partial charge on any atom is -0.507 e. The molecule has 6 heteroatoms. The lowest BCUT2D eigenvalue weighted by Crippen LogP contribution is -2.34. The summed E-state index contributed by atoms with van der Waals surface area (Å²) in [5.41, 5.74) is 4.91. The van der Waals surface area contributed by atoms with Gasteiger partial charge in [0, 0.05) is 11.3 Å². The van der Waals surface area contributed by atoms with Gasteiger partial charge in [-0.2, -0.15) is 5.10 Å². The van der Waals surface area contributed by atoms with Crippen LogP contribution in [-0.4, -0.2) is 30.4 Å². The molecule has 0 aliphatic rings. The smallest absolute Gasteiger partial charge is 0.262 e. The Morgan fingerprint density at radius 1 is 1.25 bits per heavy atom. The highest BCUT2D eigenvalue weighted by atomic mass is 16.5. The molecule has 0 fully saturated rings. The van der Waals surface area contributed by atoms with Crippen LogP contribution >= 0.6 is 0 Å². The van der Waals surface area contributed by atoms with Crippen molar-refractivity contribution in [3.63, 3.8) is 0 Å². The van der Waals surface area contributed by atoms with Crippen molar-refractivity contribution >= 4 is 17.8 Å². The molecule has 2 aromatic carbocycles. The van der Waals surface area contributed by atoms with E-state index < -0.39 is 6.04 Å². The summed E-state index contributed by atoms with van der Waals surface area (Å²) in [7, 11) is 1.54. The van der Waals surface area contributed by atoms with E-state index in [0.29, 0.717) is 11.3 Å². The molecule has 1 atom stereocenters. The molecule has 1 amide bonds. The van der Waals surface area contributed by atoms with Crippen LogP contribution in [0.5, 0.6) is 11.5 Å². The number of methoxy groups -OCH3 is 1. The standard InChI is InChI=1S/C18H21N3O3/c1-12-4-6-15(7-5-12)20-13(2)18(23)21-19-11-14-10-16(24-3)8-9-17(14)22/h4-11,13,20,22H,1-3H3,(H,21,23)/b19-11+/t13-/m1/s1. The van der Waals surface area contributed by atoms with Gasteiger partial charge in [0.05, 0.1) is 13.3 Å². The van der Waals surface area contributed by atoms with Gasteiger partial charge in [-0.05, 0) is 44.2 Å². The molecule has 2 aromatic rings. The third-order valence-corrected chi connectivity index (χ3v) is 3.44. The number of phenolic OH excluding ortho intramolecular Hbond substituents is 1. The van der Waals surface area contributed by atoms with Crippen molar-refractivity contribution in [1.82, 2.24) is 5.43 Å². The summed E-state index contributed by atoms with van der Waals surface area (Å²) >= 11 is 0. The van der Waals surface area contributed by atoms with E-state index in [1.54, 1.807) is 19.1 Å². The van der Waals surface area contributed by atoms with Gasteiger partial charge in [0.15, 0.2) is 0 Å². The van der Waals surface area contributed by atoms with E-state index in [1.807, 2.05) is 31.2 Å². The monoisotopic (exact) mass is 327 g/mol. The van der Waals surface area contributed by atoms with Gasteiger partial charge < -0.3 is 15.2 Å². The maximum atomic E-state index is 12.0. The number of aromatic hydroxyl groups is 1. The first kappa shape index (κ1) is 17.3. The summed E-state index contributed by atoms with van der Waals surface area (Å²) < 4.78 is 5.08. The van der Waals surface area contributed by atoms with Crippen LogP contribution in [0.15, 0.2) is 47.6 Å². The summed E-state index contributed by atoms with van der Waals surface area (Å²) in [6, 6.07) is 12.1. The zero-order valence-electron chi connectivity index (χ0n) is 13.9. The van der Waals surface area contributed by atoms with E-state index >= 15 is 0 Å². The van der Waals surface area contributed by atoms with E-state index in [9.17, 15) is 9.90 Å². The topological polar surface area (TPSA) is 83.0 Å². The van der Waals surface area contributed by atoms with E-state index in [0.717, 1.165) is 11.3 Å². The molecule has 0 saturated carbocycles. The molecule has 24 heavy (non-hydrogen) atoms. The number of benzene rings is 2. The van der Waals surface area contributed by atoms with Gasteiger partial charge in [-0.15, -0.1) is 0 Å². The van der Waals surface area contributed by atoms with Crippen LogP contribution in [-0.2, 0) is 4.79 Å². The second-order valence-electron chi connectivity index (χ2n) is 5.39. The third kappa shape index (κ3) is 4.74. The predicted molar refractivity (Wildman–Crippen MR) is 94.7 cm³/mol. The van der Waals surface area contributed by atoms with Gasteiger partial charge >= 0.3 is 0 Å². The first-order valence-corrected chi connectivity index (χ1v) is 7.52. The summed E-state index contributed by atoms with van der Waals surface area (Å²) in [6.45, 7) is 3.75. The van der Waals surface area contributed by atoms with Crippen LogP contribution < -0.4 is 15.5 Å². The Bertz CT molecular complexity index is 727. The molecule has 0 unspecified atom stereocenters. The molecule has 0 aliphatic carbocycles. The molecule has 0 bridgehead atoms. The van der Waals surface area contributed by atoms with Gasteiger partial charge in [-0.1, -0.05) is 17.7 Å². The molecule has 126 valence electrons. The summed E-state index contributed by atoms with van der Waals surface area (Å²) in [4.78, 5) is 12.0. The number of aryl methyl sites for hydroxylation is 1. The maximum Gasteiger partial charge on any atom is 0.262 e. The van der Waals surface area contributed by atoms with Crippen molar-refractivity contribution in [3.05, 3.63) is 53.6 Å². The van der Waals surface area contributed by atoms with Crippen molar-refractivity contribution in [2.75, 3.05) is 12.4 Å². The van der Waals surface area contributed by atoms with Gasteiger partial charge in [0.25, 0.3) is 5.91 Å². The van der Waals surface area contributed by atoms with E-state index in [2.05, 4.69) is 15.8 Å².